The van der Waals surface area contributed by atoms with E-state index in [0.29, 0.717) is 0 Å². The fraction of sp³-hybridized carbons (Fsp3) is 0.455. The normalized spacial score (nSPS) is 13.6. The van der Waals surface area contributed by atoms with E-state index in [1.165, 1.54) is 0 Å². The lowest BCUT2D eigenvalue weighted by atomic mass is 10.4. The van der Waals surface area contributed by atoms with Gasteiger partial charge in [-0.15, -0.1) is 12.4 Å². The molecule has 0 radical (unpaired) electrons. The summed E-state index contributed by atoms with van der Waals surface area (Å²) >= 11 is -0.283. The maximum absolute atomic E-state index is 12.1. The van der Waals surface area contributed by atoms with E-state index in [1.807, 2.05) is 0 Å². The molecule has 0 aromatic heterocycles. The first-order valence-corrected chi connectivity index (χ1v) is 7.97. The Morgan fingerprint density at radius 1 is 1.24 bits per heavy atom. The van der Waals surface area contributed by atoms with E-state index in [1.54, 1.807) is 14.0 Å². The summed E-state index contributed by atoms with van der Waals surface area (Å²) in [5.74, 6) is 0. The molecule has 0 bridgehead atoms. The van der Waals surface area contributed by atoms with E-state index in [4.69, 9.17) is 0 Å². The van der Waals surface area contributed by atoms with Crippen molar-refractivity contribution >= 4 is 34.2 Å². The number of alkyl halides is 3. The largest absolute Gasteiger partial charge is 0.446 e. The molecule has 2 N–H and O–H groups in total. The third-order valence-electron chi connectivity index (χ3n) is 2.44. The first kappa shape index (κ1) is 20.5. The molecule has 1 atom stereocenters. The molecule has 21 heavy (non-hydrogen) atoms. The highest BCUT2D eigenvalue weighted by atomic mass is 35.5. The summed E-state index contributed by atoms with van der Waals surface area (Å²) in [4.78, 5) is -0.118. The van der Waals surface area contributed by atoms with Gasteiger partial charge in [0.2, 0.25) is 10.0 Å². The van der Waals surface area contributed by atoms with Gasteiger partial charge in [-0.1, -0.05) is 0 Å². The van der Waals surface area contributed by atoms with Crippen molar-refractivity contribution < 1.29 is 21.6 Å². The van der Waals surface area contributed by atoms with Crippen molar-refractivity contribution in [1.82, 2.24) is 10.0 Å². The van der Waals surface area contributed by atoms with Crippen LogP contribution in [-0.2, 0) is 10.0 Å². The highest BCUT2D eigenvalue weighted by Gasteiger charge is 2.29. The number of halogens is 4. The Morgan fingerprint density at radius 3 is 2.19 bits per heavy atom. The van der Waals surface area contributed by atoms with Gasteiger partial charge >= 0.3 is 5.51 Å². The van der Waals surface area contributed by atoms with Crippen LogP contribution in [0.3, 0.4) is 0 Å². The van der Waals surface area contributed by atoms with Gasteiger partial charge in [0.1, 0.15) is 0 Å². The van der Waals surface area contributed by atoms with Crippen molar-refractivity contribution in [2.75, 3.05) is 13.6 Å². The zero-order valence-corrected chi connectivity index (χ0v) is 13.7. The quantitative estimate of drug-likeness (QED) is 0.762. The Morgan fingerprint density at radius 2 is 1.76 bits per heavy atom. The molecule has 0 heterocycles. The Hall–Kier alpha value is -0.480. The Labute approximate surface area is 132 Å². The molecule has 122 valence electrons. The summed E-state index contributed by atoms with van der Waals surface area (Å²) in [5, 5.41) is 2.87. The van der Waals surface area contributed by atoms with Crippen molar-refractivity contribution in [2.24, 2.45) is 0 Å². The fourth-order valence-electron chi connectivity index (χ4n) is 1.24. The molecular formula is C11H16ClF3N2O2S2. The Kier molecular flexibility index (Phi) is 8.04. The lowest BCUT2D eigenvalue weighted by Crippen LogP contribution is -2.37. The number of hydrogen-bond donors (Lipinski definition) is 2. The molecule has 10 heteroatoms. The summed E-state index contributed by atoms with van der Waals surface area (Å²) in [7, 11) is -2.01. The minimum absolute atomic E-state index is 0. The zero-order chi connectivity index (χ0) is 15.4. The smallest absolute Gasteiger partial charge is 0.316 e. The second-order valence-corrected chi connectivity index (χ2v) is 6.97. The second-order valence-electron chi connectivity index (χ2n) is 4.06. The number of thioether (sulfide) groups is 1. The van der Waals surface area contributed by atoms with Crippen LogP contribution >= 0.6 is 24.2 Å². The van der Waals surface area contributed by atoms with Crippen LogP contribution in [0.1, 0.15) is 6.92 Å². The van der Waals surface area contributed by atoms with Gasteiger partial charge in [0.05, 0.1) is 4.90 Å². The number of benzene rings is 1. The molecular weight excluding hydrogens is 349 g/mol. The molecule has 0 amide bonds. The predicted molar refractivity (Wildman–Crippen MR) is 79.3 cm³/mol. The maximum atomic E-state index is 12.1. The molecule has 0 aliphatic carbocycles. The van der Waals surface area contributed by atoms with Gasteiger partial charge in [0.25, 0.3) is 0 Å². The molecule has 1 aromatic carbocycles. The van der Waals surface area contributed by atoms with Crippen molar-refractivity contribution in [1.29, 1.82) is 0 Å². The molecule has 1 unspecified atom stereocenters. The zero-order valence-electron chi connectivity index (χ0n) is 11.3. The summed E-state index contributed by atoms with van der Waals surface area (Å²) < 4.78 is 62.6. The summed E-state index contributed by atoms with van der Waals surface area (Å²) in [6.07, 6.45) is 0. The van der Waals surface area contributed by atoms with Crippen LogP contribution in [0.25, 0.3) is 0 Å². The molecule has 0 aliphatic heterocycles. The highest BCUT2D eigenvalue weighted by molar-refractivity contribution is 8.00. The highest BCUT2D eigenvalue weighted by Crippen LogP contribution is 2.36. The lowest BCUT2D eigenvalue weighted by molar-refractivity contribution is -0.0328. The average molecular weight is 365 g/mol. The Bertz CT molecular complexity index is 535. The summed E-state index contributed by atoms with van der Waals surface area (Å²) in [6.45, 7) is 1.99. The van der Waals surface area contributed by atoms with E-state index in [0.717, 1.165) is 24.3 Å². The van der Waals surface area contributed by atoms with Gasteiger partial charge in [-0.05, 0) is 50.0 Å². The third kappa shape index (κ3) is 7.37. The van der Waals surface area contributed by atoms with Gasteiger partial charge in [-0.2, -0.15) is 13.2 Å². The molecule has 0 saturated heterocycles. The van der Waals surface area contributed by atoms with Crippen LogP contribution in [0.15, 0.2) is 34.1 Å². The molecule has 0 spiro atoms. The van der Waals surface area contributed by atoms with Gasteiger partial charge in [0, 0.05) is 17.5 Å². The van der Waals surface area contributed by atoms with Crippen LogP contribution in [0.4, 0.5) is 13.2 Å². The molecule has 1 rings (SSSR count). The second kappa shape index (κ2) is 8.23. The monoisotopic (exact) mass is 364 g/mol. The number of nitrogens with one attached hydrogen (secondary N) is 2. The predicted octanol–water partition coefficient (Wildman–Crippen LogP) is 2.61. The standard InChI is InChI=1S/C11H15F3N2O2S2.ClH/c1-8(15-2)7-16-20(17,18)10-5-3-9(4-6-10)19-11(12,13)14;/h3-6,8,15-16H,7H2,1-2H3;1H. The first-order chi connectivity index (χ1) is 9.14. The number of sulfonamides is 1. The van der Waals surface area contributed by atoms with E-state index in [9.17, 15) is 21.6 Å². The van der Waals surface area contributed by atoms with Crippen LogP contribution in [0, 0.1) is 0 Å². The Balaban J connectivity index is 0.00000400. The van der Waals surface area contributed by atoms with Gasteiger partial charge in [-0.25, -0.2) is 13.1 Å². The molecule has 0 saturated carbocycles. The van der Waals surface area contributed by atoms with Crippen LogP contribution < -0.4 is 10.0 Å². The summed E-state index contributed by atoms with van der Waals surface area (Å²) in [6, 6.07) is 4.52. The molecule has 0 aliphatic rings. The minimum atomic E-state index is -4.39. The van der Waals surface area contributed by atoms with Crippen molar-refractivity contribution in [3.8, 4) is 0 Å². The SMILES string of the molecule is CNC(C)CNS(=O)(=O)c1ccc(SC(F)(F)F)cc1.Cl. The van der Waals surface area contributed by atoms with E-state index >= 15 is 0 Å². The minimum Gasteiger partial charge on any atom is -0.316 e. The van der Waals surface area contributed by atoms with Crippen molar-refractivity contribution in [3.63, 3.8) is 0 Å². The number of hydrogen-bond acceptors (Lipinski definition) is 4. The van der Waals surface area contributed by atoms with E-state index in [-0.39, 0.29) is 46.5 Å². The average Bonchev–Trinajstić information content (AvgIpc) is 2.34. The van der Waals surface area contributed by atoms with Crippen LogP contribution in [-0.4, -0.2) is 33.6 Å². The first-order valence-electron chi connectivity index (χ1n) is 5.67. The molecule has 4 nitrogen and oxygen atoms in total. The topological polar surface area (TPSA) is 58.2 Å². The third-order valence-corrected chi connectivity index (χ3v) is 4.62. The van der Waals surface area contributed by atoms with Crippen LogP contribution in [0.5, 0.6) is 0 Å². The van der Waals surface area contributed by atoms with E-state index in [2.05, 4.69) is 10.0 Å². The van der Waals surface area contributed by atoms with Gasteiger partial charge < -0.3 is 5.32 Å². The van der Waals surface area contributed by atoms with E-state index < -0.39 is 15.5 Å². The summed E-state index contributed by atoms with van der Waals surface area (Å²) in [5.41, 5.74) is -4.39. The molecule has 0 fully saturated rings. The fourth-order valence-corrected chi connectivity index (χ4v) is 2.91. The van der Waals surface area contributed by atoms with Crippen LogP contribution in [0.2, 0.25) is 0 Å². The number of rotatable bonds is 6. The van der Waals surface area contributed by atoms with Gasteiger partial charge in [-0.3, -0.25) is 0 Å². The lowest BCUT2D eigenvalue weighted by Gasteiger charge is -2.12. The number of likely N-dealkylation sites (N-methyl/N-ethyl adjacent to an activating group) is 1. The maximum Gasteiger partial charge on any atom is 0.446 e. The van der Waals surface area contributed by atoms with Gasteiger partial charge in [0.15, 0.2) is 0 Å². The van der Waals surface area contributed by atoms with Crippen molar-refractivity contribution in [3.05, 3.63) is 24.3 Å². The van der Waals surface area contributed by atoms with Crippen molar-refractivity contribution in [2.45, 2.75) is 28.3 Å². The molecule has 1 aromatic rings.